The largest absolute Gasteiger partial charge is 0.343 e. The first-order valence-corrected chi connectivity index (χ1v) is 28.8. The molecule has 420 valence electrons. The number of hydrogen-bond acceptors (Lipinski definition) is 8. The van der Waals surface area contributed by atoms with Gasteiger partial charge in [0.15, 0.2) is 0 Å². The van der Waals surface area contributed by atoms with Crippen molar-refractivity contribution in [3.63, 3.8) is 0 Å². The Balaban J connectivity index is 1.03. The summed E-state index contributed by atoms with van der Waals surface area (Å²) < 4.78 is 31.3. The normalized spacial score (nSPS) is 21.6. The number of halogens is 2. The van der Waals surface area contributed by atoms with Crippen molar-refractivity contribution in [2.75, 3.05) is 53.4 Å². The molecular formula is C62H82F2N8O6. The summed E-state index contributed by atoms with van der Waals surface area (Å²) in [4.78, 5) is 92.1. The number of fused-ring (bicyclic) bond motifs is 1. The topological polar surface area (TPSA) is 163 Å². The fourth-order valence-corrected chi connectivity index (χ4v) is 12.2. The quantitative estimate of drug-likeness (QED) is 0.0632. The van der Waals surface area contributed by atoms with Gasteiger partial charge in [-0.05, 0) is 124 Å². The van der Waals surface area contributed by atoms with Crippen molar-refractivity contribution in [2.24, 2.45) is 11.8 Å². The second-order valence-corrected chi connectivity index (χ2v) is 22.5. The first kappa shape index (κ1) is 57.9. The van der Waals surface area contributed by atoms with Crippen molar-refractivity contribution in [3.8, 4) is 0 Å². The fraction of sp³-hybridized carbons (Fsp3) is 0.548. The summed E-state index contributed by atoms with van der Waals surface area (Å²) in [6, 6.07) is 26.4. The molecule has 0 bridgehead atoms. The van der Waals surface area contributed by atoms with Crippen LogP contribution in [0, 0.1) is 11.8 Å². The Bertz CT molecular complexity index is 2490. The highest BCUT2D eigenvalue weighted by atomic mass is 19.1. The highest BCUT2D eigenvalue weighted by molar-refractivity contribution is 6.02. The molecule has 4 aromatic carbocycles. The molecule has 0 spiro atoms. The van der Waals surface area contributed by atoms with Crippen LogP contribution >= 0.6 is 0 Å². The zero-order valence-corrected chi connectivity index (χ0v) is 46.1. The molecule has 2 aliphatic carbocycles. The first-order valence-electron chi connectivity index (χ1n) is 28.8. The highest BCUT2D eigenvalue weighted by Crippen LogP contribution is 2.33. The first-order chi connectivity index (χ1) is 37.7. The van der Waals surface area contributed by atoms with Crippen LogP contribution in [-0.2, 0) is 32.0 Å². The lowest BCUT2D eigenvalue weighted by molar-refractivity contribution is -0.140. The Morgan fingerprint density at radius 3 is 1.27 bits per heavy atom. The summed E-state index contributed by atoms with van der Waals surface area (Å²) in [6.45, 7) is 4.06. The van der Waals surface area contributed by atoms with Gasteiger partial charge in [-0.2, -0.15) is 0 Å². The van der Waals surface area contributed by atoms with Crippen molar-refractivity contribution in [2.45, 2.75) is 152 Å². The number of alkyl halides is 2. The molecule has 6 amide bonds. The molecule has 4 aliphatic rings. The van der Waals surface area contributed by atoms with E-state index in [0.29, 0.717) is 37.1 Å². The number of benzene rings is 4. The number of hydrogen-bond donors (Lipinski definition) is 4. The van der Waals surface area contributed by atoms with Crippen LogP contribution in [-0.4, -0.2) is 157 Å². The van der Waals surface area contributed by atoms with E-state index in [1.54, 1.807) is 71.8 Å². The Morgan fingerprint density at radius 2 is 0.910 bits per heavy atom. The average molecular weight is 1070 g/mol. The van der Waals surface area contributed by atoms with Crippen LogP contribution in [0.4, 0.5) is 8.78 Å². The molecule has 2 heterocycles. The van der Waals surface area contributed by atoms with Crippen LogP contribution in [0.2, 0.25) is 0 Å². The molecule has 2 aliphatic heterocycles. The Morgan fingerprint density at radius 1 is 0.538 bits per heavy atom. The van der Waals surface area contributed by atoms with Crippen LogP contribution < -0.4 is 21.3 Å². The molecular weight excluding hydrogens is 991 g/mol. The second-order valence-electron chi connectivity index (χ2n) is 22.5. The van der Waals surface area contributed by atoms with Gasteiger partial charge in [0.25, 0.3) is 11.8 Å². The third-order valence-corrected chi connectivity index (χ3v) is 17.1. The van der Waals surface area contributed by atoms with E-state index in [4.69, 9.17) is 0 Å². The lowest BCUT2D eigenvalue weighted by Crippen LogP contribution is -2.57. The molecule has 8 atom stereocenters. The van der Waals surface area contributed by atoms with Gasteiger partial charge in [-0.25, -0.2) is 8.78 Å². The van der Waals surface area contributed by atoms with Gasteiger partial charge in [0.2, 0.25) is 23.6 Å². The Hall–Kier alpha value is -6.26. The minimum Gasteiger partial charge on any atom is -0.343 e. The molecule has 14 nitrogen and oxygen atoms in total. The smallest absolute Gasteiger partial charge is 0.253 e. The van der Waals surface area contributed by atoms with E-state index in [9.17, 15) is 28.8 Å². The molecule has 8 rings (SSSR count). The van der Waals surface area contributed by atoms with E-state index in [0.717, 1.165) is 86.1 Å². The molecule has 4 fully saturated rings. The summed E-state index contributed by atoms with van der Waals surface area (Å²) >= 11 is 0. The van der Waals surface area contributed by atoms with E-state index in [2.05, 4.69) is 21.3 Å². The SMILES string of the molecule is CN[C@@H](C)C(=O)N[C@H](C(=O)N1C[C@@H](F)C[C@@H]1CN(CCc1ccccc1)C(=O)c1ccc2cc(C(=O)N(CCc3ccccc3)C[C@@H]3C[C@H](F)CN3C(=O)[C@@H](NC(=O)[C@H](C)NC)C3CCCCC3)ccc2c1)C1CCCCC1. The minimum atomic E-state index is -1.29. The van der Waals surface area contributed by atoms with Crippen molar-refractivity contribution >= 4 is 46.2 Å². The Kier molecular flexibility index (Phi) is 20.5. The average Bonchev–Trinajstić information content (AvgIpc) is 4.05. The third-order valence-electron chi connectivity index (χ3n) is 17.1. The zero-order valence-electron chi connectivity index (χ0n) is 46.1. The van der Waals surface area contributed by atoms with Crippen molar-refractivity contribution in [1.29, 1.82) is 0 Å². The maximum atomic E-state index is 15.7. The van der Waals surface area contributed by atoms with E-state index in [1.807, 2.05) is 72.8 Å². The lowest BCUT2D eigenvalue weighted by Gasteiger charge is -2.37. The van der Waals surface area contributed by atoms with Gasteiger partial charge in [-0.15, -0.1) is 0 Å². The second kappa shape index (κ2) is 27.6. The van der Waals surface area contributed by atoms with Gasteiger partial charge in [-0.3, -0.25) is 28.8 Å². The van der Waals surface area contributed by atoms with E-state index < -0.39 is 48.6 Å². The number of carbonyl (C=O) groups is 6. The maximum absolute atomic E-state index is 15.7. The number of carbonyl (C=O) groups excluding carboxylic acids is 6. The van der Waals surface area contributed by atoms with E-state index in [-0.39, 0.29) is 86.3 Å². The predicted molar refractivity (Wildman–Crippen MR) is 300 cm³/mol. The van der Waals surface area contributed by atoms with Gasteiger partial charge in [0.05, 0.1) is 37.3 Å². The maximum Gasteiger partial charge on any atom is 0.253 e. The highest BCUT2D eigenvalue weighted by Gasteiger charge is 2.44. The lowest BCUT2D eigenvalue weighted by atomic mass is 9.83. The molecule has 0 radical (unpaired) electrons. The predicted octanol–water partition coefficient (Wildman–Crippen LogP) is 7.43. The monoisotopic (exact) mass is 1070 g/mol. The van der Waals surface area contributed by atoms with Gasteiger partial charge >= 0.3 is 0 Å². The fourth-order valence-electron chi connectivity index (χ4n) is 12.2. The summed E-state index contributed by atoms with van der Waals surface area (Å²) in [5.74, 6) is -1.90. The van der Waals surface area contributed by atoms with Gasteiger partial charge in [-0.1, -0.05) is 111 Å². The van der Waals surface area contributed by atoms with Gasteiger partial charge in [0.1, 0.15) is 24.4 Å². The summed E-state index contributed by atoms with van der Waals surface area (Å²) in [6.07, 6.45) is 7.69. The zero-order chi connectivity index (χ0) is 55.3. The third kappa shape index (κ3) is 14.7. The molecule has 2 saturated heterocycles. The van der Waals surface area contributed by atoms with Crippen LogP contribution in [0.15, 0.2) is 97.1 Å². The van der Waals surface area contributed by atoms with Crippen LogP contribution in [0.3, 0.4) is 0 Å². The van der Waals surface area contributed by atoms with Gasteiger partial charge < -0.3 is 40.9 Å². The van der Waals surface area contributed by atoms with Crippen LogP contribution in [0.5, 0.6) is 0 Å². The van der Waals surface area contributed by atoms with Crippen LogP contribution in [0.25, 0.3) is 10.8 Å². The van der Waals surface area contributed by atoms with E-state index in [1.165, 1.54) is 0 Å². The summed E-state index contributed by atoms with van der Waals surface area (Å²) in [7, 11) is 3.38. The number of nitrogens with one attached hydrogen (secondary N) is 4. The summed E-state index contributed by atoms with van der Waals surface area (Å²) in [5.41, 5.74) is 2.84. The summed E-state index contributed by atoms with van der Waals surface area (Å²) in [5, 5.41) is 13.4. The molecule has 16 heteroatoms. The number of likely N-dealkylation sites (N-methyl/N-ethyl adjacent to an activating group) is 2. The van der Waals surface area contributed by atoms with Crippen molar-refractivity contribution < 1.29 is 37.5 Å². The van der Waals surface area contributed by atoms with Crippen LogP contribution in [0.1, 0.15) is 123 Å². The number of rotatable bonds is 22. The number of nitrogens with zero attached hydrogens (tertiary/aromatic N) is 4. The molecule has 78 heavy (non-hydrogen) atoms. The van der Waals surface area contributed by atoms with Crippen molar-refractivity contribution in [1.82, 2.24) is 40.9 Å². The van der Waals surface area contributed by atoms with Gasteiger partial charge in [0, 0.05) is 50.1 Å². The molecule has 2 saturated carbocycles. The molecule has 0 aromatic heterocycles. The van der Waals surface area contributed by atoms with Crippen molar-refractivity contribution in [3.05, 3.63) is 119 Å². The standard InChI is InChI=1S/C62H82F2N8O6/c1-41(65-3)57(73)67-55(45-21-13-7-14-22-45)61(77)71-37-51(63)35-53(71)39-69(31-29-43-17-9-5-10-18-43)59(75)49-27-25-48-34-50(28-26-47(48)33-49)60(76)70(32-30-44-19-11-6-12-20-44)40-54-36-52(64)38-72(54)62(78)56(46-23-15-8-16-24-46)68-58(74)42(2)66-4/h5-6,9-12,17-20,25-28,33-34,41-42,45-46,51-56,65-66H,7-8,13-16,21-24,29-32,35-40H2,1-4H3,(H,67,73)(H,68,74)/t41-,42-,51-,52-,53-,54+,55-,56-/m0/s1. The molecule has 0 unspecified atom stereocenters. The number of amides is 6. The molecule has 4 N–H and O–H groups in total. The molecule has 4 aromatic rings. The minimum absolute atomic E-state index is 0.0644. The Labute approximate surface area is 459 Å². The number of likely N-dealkylation sites (tertiary alicyclic amines) is 2. The van der Waals surface area contributed by atoms with E-state index >= 15 is 8.78 Å².